The van der Waals surface area contributed by atoms with Gasteiger partial charge in [-0.25, -0.2) is 23.2 Å². The predicted molar refractivity (Wildman–Crippen MR) is 106 cm³/mol. The molecule has 0 amide bonds. The molecule has 1 saturated heterocycles. The highest BCUT2D eigenvalue weighted by molar-refractivity contribution is 7.89. The lowest BCUT2D eigenvalue weighted by atomic mass is 10.1. The molecule has 2 aromatic rings. The third-order valence-corrected chi connectivity index (χ3v) is 7.61. The number of carbonyl (C=O) groups excluding carboxylic acids is 1. The molecule has 8 nitrogen and oxygen atoms in total. The maximum absolute atomic E-state index is 12.9. The van der Waals surface area contributed by atoms with Gasteiger partial charge in [-0.3, -0.25) is 0 Å². The summed E-state index contributed by atoms with van der Waals surface area (Å²) in [5.74, 6) is 0.00368. The zero-order chi connectivity index (χ0) is 20.5. The van der Waals surface area contributed by atoms with Crippen LogP contribution in [0.25, 0.3) is 0 Å². The van der Waals surface area contributed by atoms with Crippen LogP contribution in [0.5, 0.6) is 0 Å². The molecule has 1 aliphatic heterocycles. The van der Waals surface area contributed by atoms with Crippen molar-refractivity contribution in [3.8, 4) is 0 Å². The lowest BCUT2D eigenvalue weighted by Crippen LogP contribution is -2.29. The number of hydrogen-bond donors (Lipinski definition) is 0. The van der Waals surface area contributed by atoms with Crippen molar-refractivity contribution in [3.63, 3.8) is 0 Å². The highest BCUT2D eigenvalue weighted by Crippen LogP contribution is 2.34. The van der Waals surface area contributed by atoms with Crippen LogP contribution in [0.3, 0.4) is 0 Å². The maximum Gasteiger partial charge on any atom is 0.350 e. The zero-order valence-corrected chi connectivity index (χ0v) is 18.2. The first-order valence-corrected chi connectivity index (χ1v) is 11.6. The Balaban J connectivity index is 1.73. The fourth-order valence-corrected chi connectivity index (χ4v) is 5.77. The largest absolute Gasteiger partial charge is 0.462 e. The standard InChI is InChI=1S/C18H26N4O4S2/c1-5-26-18(23)16-13(4)20-17(27-16)14-6-7-22(9-14)28(24,25)15-10-21(11-19-15)8-12(2)3/h10-12,14H,5-9H2,1-4H3. The van der Waals surface area contributed by atoms with E-state index in [1.165, 1.54) is 15.6 Å². The first kappa shape index (κ1) is 20.9. The number of imidazole rings is 1. The Bertz CT molecular complexity index is 949. The van der Waals surface area contributed by atoms with E-state index in [1.807, 2.05) is 0 Å². The summed E-state index contributed by atoms with van der Waals surface area (Å²) in [5.41, 5.74) is 0.632. The molecule has 0 saturated carbocycles. The average Bonchev–Trinajstić information content (AvgIpc) is 3.33. The smallest absolute Gasteiger partial charge is 0.350 e. The van der Waals surface area contributed by atoms with Crippen LogP contribution in [-0.4, -0.2) is 52.9 Å². The van der Waals surface area contributed by atoms with Crippen LogP contribution in [0.2, 0.25) is 0 Å². The molecule has 2 aromatic heterocycles. The Morgan fingerprint density at radius 3 is 2.86 bits per heavy atom. The number of thiazole rings is 1. The van der Waals surface area contributed by atoms with Gasteiger partial charge < -0.3 is 9.30 Å². The van der Waals surface area contributed by atoms with Gasteiger partial charge in [0.1, 0.15) is 4.88 Å². The molecule has 10 heteroatoms. The third-order valence-electron chi connectivity index (χ3n) is 4.56. The first-order valence-electron chi connectivity index (χ1n) is 9.38. The van der Waals surface area contributed by atoms with Crippen molar-refractivity contribution in [2.24, 2.45) is 5.92 Å². The Morgan fingerprint density at radius 1 is 1.43 bits per heavy atom. The maximum atomic E-state index is 12.9. The Morgan fingerprint density at radius 2 is 2.18 bits per heavy atom. The SMILES string of the molecule is CCOC(=O)c1sc(C2CCN(S(=O)(=O)c3cn(CC(C)C)cn3)C2)nc1C. The topological polar surface area (TPSA) is 94.4 Å². The van der Waals surface area contributed by atoms with E-state index in [-0.39, 0.29) is 16.9 Å². The second kappa shape index (κ2) is 8.30. The summed E-state index contributed by atoms with van der Waals surface area (Å²) in [5, 5.41) is 0.861. The van der Waals surface area contributed by atoms with Gasteiger partial charge in [0.15, 0.2) is 5.03 Å². The van der Waals surface area contributed by atoms with Crippen LogP contribution in [0, 0.1) is 12.8 Å². The van der Waals surface area contributed by atoms with Crippen LogP contribution in [0.15, 0.2) is 17.6 Å². The minimum atomic E-state index is -3.64. The summed E-state index contributed by atoms with van der Waals surface area (Å²) in [4.78, 5) is 21.1. The van der Waals surface area contributed by atoms with Crippen molar-refractivity contribution in [2.45, 2.75) is 51.6 Å². The number of nitrogens with zero attached hydrogens (tertiary/aromatic N) is 4. The normalized spacial score (nSPS) is 18.1. The van der Waals surface area contributed by atoms with Crippen molar-refractivity contribution in [2.75, 3.05) is 19.7 Å². The second-order valence-corrected chi connectivity index (χ2v) is 10.3. The Hall–Kier alpha value is -1.78. The summed E-state index contributed by atoms with van der Waals surface area (Å²) in [7, 11) is -3.64. The van der Waals surface area contributed by atoms with E-state index in [1.54, 1.807) is 30.9 Å². The second-order valence-electron chi connectivity index (χ2n) is 7.34. The quantitative estimate of drug-likeness (QED) is 0.632. The summed E-state index contributed by atoms with van der Waals surface area (Å²) in [6.45, 7) is 9.46. The van der Waals surface area contributed by atoms with E-state index < -0.39 is 10.0 Å². The predicted octanol–water partition coefficient (Wildman–Crippen LogP) is 2.66. The monoisotopic (exact) mass is 426 g/mol. The summed E-state index contributed by atoms with van der Waals surface area (Å²) >= 11 is 1.30. The summed E-state index contributed by atoms with van der Waals surface area (Å²) in [6.07, 6.45) is 3.83. The molecule has 0 bridgehead atoms. The average molecular weight is 427 g/mol. The summed E-state index contributed by atoms with van der Waals surface area (Å²) in [6, 6.07) is 0. The van der Waals surface area contributed by atoms with Crippen molar-refractivity contribution in [1.29, 1.82) is 0 Å². The number of ether oxygens (including phenoxy) is 1. The number of carbonyl (C=O) groups is 1. The molecular weight excluding hydrogens is 400 g/mol. The van der Waals surface area contributed by atoms with E-state index in [9.17, 15) is 13.2 Å². The van der Waals surface area contributed by atoms with Crippen molar-refractivity contribution < 1.29 is 17.9 Å². The molecule has 0 radical (unpaired) electrons. The van der Waals surface area contributed by atoms with Crippen LogP contribution >= 0.6 is 11.3 Å². The minimum absolute atomic E-state index is 0.0283. The van der Waals surface area contributed by atoms with Gasteiger partial charge in [0.05, 0.1) is 23.6 Å². The fraction of sp³-hybridized carbons (Fsp3) is 0.611. The zero-order valence-electron chi connectivity index (χ0n) is 16.6. The third kappa shape index (κ3) is 4.28. The molecule has 1 aliphatic rings. The molecule has 154 valence electrons. The molecule has 28 heavy (non-hydrogen) atoms. The Kier molecular flexibility index (Phi) is 6.21. The van der Waals surface area contributed by atoms with Crippen LogP contribution in [0.4, 0.5) is 0 Å². The molecule has 0 spiro atoms. The van der Waals surface area contributed by atoms with Gasteiger partial charge in [0.25, 0.3) is 10.0 Å². The highest BCUT2D eigenvalue weighted by atomic mass is 32.2. The molecular formula is C18H26N4O4S2. The van der Waals surface area contributed by atoms with Crippen LogP contribution in [0.1, 0.15) is 53.5 Å². The van der Waals surface area contributed by atoms with Crippen molar-refractivity contribution >= 4 is 27.3 Å². The van der Waals surface area contributed by atoms with Gasteiger partial charge in [-0.05, 0) is 26.2 Å². The van der Waals surface area contributed by atoms with Crippen molar-refractivity contribution in [3.05, 3.63) is 28.1 Å². The number of aromatic nitrogens is 3. The van der Waals surface area contributed by atoms with Crippen LogP contribution < -0.4 is 0 Å². The molecule has 3 heterocycles. The van der Waals surface area contributed by atoms with E-state index in [2.05, 4.69) is 23.8 Å². The molecule has 3 rings (SSSR count). The van der Waals surface area contributed by atoms with E-state index in [0.29, 0.717) is 42.6 Å². The first-order chi connectivity index (χ1) is 13.2. The van der Waals surface area contributed by atoms with E-state index >= 15 is 0 Å². The van der Waals surface area contributed by atoms with E-state index in [0.717, 1.165) is 11.6 Å². The molecule has 0 N–H and O–H groups in total. The molecule has 0 aliphatic carbocycles. The molecule has 1 unspecified atom stereocenters. The lowest BCUT2D eigenvalue weighted by molar-refractivity contribution is 0.0531. The number of hydrogen-bond acceptors (Lipinski definition) is 7. The van der Waals surface area contributed by atoms with E-state index in [4.69, 9.17) is 4.74 Å². The Labute approximate surface area is 169 Å². The number of esters is 1. The van der Waals surface area contributed by atoms with Gasteiger partial charge in [0, 0.05) is 31.7 Å². The van der Waals surface area contributed by atoms with Gasteiger partial charge in [-0.1, -0.05) is 13.8 Å². The minimum Gasteiger partial charge on any atom is -0.462 e. The van der Waals surface area contributed by atoms with Gasteiger partial charge >= 0.3 is 5.97 Å². The number of sulfonamides is 1. The van der Waals surface area contributed by atoms with Gasteiger partial charge in [-0.15, -0.1) is 11.3 Å². The highest BCUT2D eigenvalue weighted by Gasteiger charge is 2.36. The molecule has 1 atom stereocenters. The van der Waals surface area contributed by atoms with Crippen LogP contribution in [-0.2, 0) is 21.3 Å². The number of aryl methyl sites for hydroxylation is 1. The number of rotatable bonds is 7. The fourth-order valence-electron chi connectivity index (χ4n) is 3.25. The van der Waals surface area contributed by atoms with Gasteiger partial charge in [-0.2, -0.15) is 4.31 Å². The summed E-state index contributed by atoms with van der Waals surface area (Å²) < 4.78 is 34.2. The lowest BCUT2D eigenvalue weighted by Gasteiger charge is -2.14. The molecule has 1 fully saturated rings. The van der Waals surface area contributed by atoms with Crippen molar-refractivity contribution in [1.82, 2.24) is 18.8 Å². The van der Waals surface area contributed by atoms with Gasteiger partial charge in [0.2, 0.25) is 0 Å². The molecule has 0 aromatic carbocycles.